The van der Waals surface area contributed by atoms with Gasteiger partial charge in [0, 0.05) is 24.7 Å². The molecule has 21 heavy (non-hydrogen) atoms. The van der Waals surface area contributed by atoms with Crippen LogP contribution in [0.2, 0.25) is 0 Å². The van der Waals surface area contributed by atoms with E-state index in [0.717, 1.165) is 50.3 Å². The standard InChI is InChI=1S/C15H20N4O2/c1-12-2-3-15(20)19(17-12)10-13-4-6-18(7-5-13)9-14-8-16-21-11-14/h2-3,8,11,13H,4-7,9-10H2,1H3. The van der Waals surface area contributed by atoms with Gasteiger partial charge in [0.05, 0.1) is 11.9 Å². The smallest absolute Gasteiger partial charge is 0.266 e. The minimum atomic E-state index is -0.00694. The van der Waals surface area contributed by atoms with E-state index in [1.807, 2.05) is 6.92 Å². The first-order chi connectivity index (χ1) is 10.2. The third-order valence-electron chi connectivity index (χ3n) is 4.03. The molecule has 6 heteroatoms. The maximum absolute atomic E-state index is 11.8. The van der Waals surface area contributed by atoms with Gasteiger partial charge in [0.1, 0.15) is 6.26 Å². The summed E-state index contributed by atoms with van der Waals surface area (Å²) in [4.78, 5) is 14.2. The molecule has 0 unspecified atom stereocenters. The zero-order chi connectivity index (χ0) is 14.7. The topological polar surface area (TPSA) is 64.2 Å². The van der Waals surface area contributed by atoms with Crippen LogP contribution in [-0.2, 0) is 13.1 Å². The fraction of sp³-hybridized carbons (Fsp3) is 0.533. The lowest BCUT2D eigenvalue weighted by Gasteiger charge is -2.31. The Morgan fingerprint density at radius 3 is 2.86 bits per heavy atom. The monoisotopic (exact) mass is 288 g/mol. The van der Waals surface area contributed by atoms with Gasteiger partial charge in [-0.1, -0.05) is 5.16 Å². The van der Waals surface area contributed by atoms with Crippen molar-refractivity contribution in [2.45, 2.75) is 32.9 Å². The Hall–Kier alpha value is -1.95. The van der Waals surface area contributed by atoms with E-state index in [4.69, 9.17) is 4.52 Å². The number of hydrogen-bond donors (Lipinski definition) is 0. The summed E-state index contributed by atoms with van der Waals surface area (Å²) in [5.41, 5.74) is 2.00. The molecule has 1 saturated heterocycles. The Kier molecular flexibility index (Phi) is 4.15. The second kappa shape index (κ2) is 6.22. The molecule has 112 valence electrons. The molecule has 0 radical (unpaired) electrons. The van der Waals surface area contributed by atoms with Crippen molar-refractivity contribution in [3.05, 3.63) is 46.2 Å². The quantitative estimate of drug-likeness (QED) is 0.852. The fourth-order valence-corrected chi connectivity index (χ4v) is 2.82. The lowest BCUT2D eigenvalue weighted by atomic mass is 9.96. The molecule has 1 fully saturated rings. The van der Waals surface area contributed by atoms with Gasteiger partial charge in [-0.05, 0) is 44.8 Å². The number of nitrogens with zero attached hydrogens (tertiary/aromatic N) is 4. The van der Waals surface area contributed by atoms with Crippen molar-refractivity contribution in [2.24, 2.45) is 5.92 Å². The van der Waals surface area contributed by atoms with Gasteiger partial charge < -0.3 is 4.52 Å². The number of likely N-dealkylation sites (tertiary alicyclic amines) is 1. The van der Waals surface area contributed by atoms with Crippen molar-refractivity contribution < 1.29 is 4.52 Å². The third-order valence-corrected chi connectivity index (χ3v) is 4.03. The predicted octanol–water partition coefficient (Wildman–Crippen LogP) is 1.45. The maximum atomic E-state index is 11.8. The van der Waals surface area contributed by atoms with Crippen LogP contribution in [0.3, 0.4) is 0 Å². The third kappa shape index (κ3) is 3.58. The van der Waals surface area contributed by atoms with E-state index in [1.165, 1.54) is 0 Å². The van der Waals surface area contributed by atoms with Crippen molar-refractivity contribution >= 4 is 0 Å². The van der Waals surface area contributed by atoms with Gasteiger partial charge in [0.2, 0.25) is 0 Å². The van der Waals surface area contributed by atoms with Crippen molar-refractivity contribution in [1.29, 1.82) is 0 Å². The van der Waals surface area contributed by atoms with Gasteiger partial charge in [-0.15, -0.1) is 0 Å². The van der Waals surface area contributed by atoms with E-state index < -0.39 is 0 Å². The largest absolute Gasteiger partial charge is 0.364 e. The molecule has 0 bridgehead atoms. The molecule has 0 aliphatic carbocycles. The molecule has 0 atom stereocenters. The summed E-state index contributed by atoms with van der Waals surface area (Å²) in [6.45, 7) is 5.60. The highest BCUT2D eigenvalue weighted by Gasteiger charge is 2.20. The first-order valence-corrected chi connectivity index (χ1v) is 7.36. The number of piperidine rings is 1. The predicted molar refractivity (Wildman–Crippen MR) is 77.7 cm³/mol. The van der Waals surface area contributed by atoms with Crippen LogP contribution in [0.4, 0.5) is 0 Å². The van der Waals surface area contributed by atoms with E-state index in [9.17, 15) is 4.79 Å². The molecule has 1 aliphatic heterocycles. The van der Waals surface area contributed by atoms with E-state index in [1.54, 1.807) is 29.3 Å². The van der Waals surface area contributed by atoms with E-state index in [-0.39, 0.29) is 5.56 Å². The number of aromatic nitrogens is 3. The normalized spacial score (nSPS) is 17.2. The zero-order valence-electron chi connectivity index (χ0n) is 12.2. The molecule has 1 aliphatic rings. The van der Waals surface area contributed by atoms with E-state index >= 15 is 0 Å². The summed E-state index contributed by atoms with van der Waals surface area (Å²) < 4.78 is 6.46. The van der Waals surface area contributed by atoms with Crippen LogP contribution < -0.4 is 5.56 Å². The van der Waals surface area contributed by atoms with E-state index in [2.05, 4.69) is 15.2 Å². The molecule has 6 nitrogen and oxygen atoms in total. The Labute approximate surface area is 123 Å². The molecular formula is C15H20N4O2. The lowest BCUT2D eigenvalue weighted by molar-refractivity contribution is 0.163. The molecular weight excluding hydrogens is 268 g/mol. The SMILES string of the molecule is Cc1ccc(=O)n(CC2CCN(Cc3cnoc3)CC2)n1. The highest BCUT2D eigenvalue weighted by Crippen LogP contribution is 2.19. The van der Waals surface area contributed by atoms with Crippen LogP contribution in [0, 0.1) is 12.8 Å². The molecule has 0 amide bonds. The lowest BCUT2D eigenvalue weighted by Crippen LogP contribution is -2.36. The van der Waals surface area contributed by atoms with Crippen molar-refractivity contribution in [3.8, 4) is 0 Å². The van der Waals surface area contributed by atoms with Gasteiger partial charge >= 0.3 is 0 Å². The minimum Gasteiger partial charge on any atom is -0.364 e. The summed E-state index contributed by atoms with van der Waals surface area (Å²) in [7, 11) is 0. The van der Waals surface area contributed by atoms with Crippen molar-refractivity contribution in [3.63, 3.8) is 0 Å². The molecule has 2 aromatic heterocycles. The van der Waals surface area contributed by atoms with Crippen LogP contribution in [0.1, 0.15) is 24.1 Å². The van der Waals surface area contributed by atoms with Crippen LogP contribution in [0.25, 0.3) is 0 Å². The second-order valence-electron chi connectivity index (χ2n) is 5.75. The Morgan fingerprint density at radius 1 is 1.33 bits per heavy atom. The molecule has 0 spiro atoms. The van der Waals surface area contributed by atoms with Gasteiger partial charge in [-0.25, -0.2) is 4.68 Å². The molecule has 3 heterocycles. The average Bonchev–Trinajstić information content (AvgIpc) is 2.98. The van der Waals surface area contributed by atoms with Crippen molar-refractivity contribution in [1.82, 2.24) is 19.8 Å². The van der Waals surface area contributed by atoms with E-state index in [0.29, 0.717) is 5.92 Å². The van der Waals surface area contributed by atoms with Gasteiger partial charge in [0.25, 0.3) is 5.56 Å². The summed E-state index contributed by atoms with van der Waals surface area (Å²) in [6, 6.07) is 3.36. The van der Waals surface area contributed by atoms with Gasteiger partial charge in [-0.3, -0.25) is 9.69 Å². The Balaban J connectivity index is 1.54. The molecule has 2 aromatic rings. The number of aryl methyl sites for hydroxylation is 1. The van der Waals surface area contributed by atoms with Crippen LogP contribution in [0.15, 0.2) is 33.9 Å². The van der Waals surface area contributed by atoms with Crippen molar-refractivity contribution in [2.75, 3.05) is 13.1 Å². The summed E-state index contributed by atoms with van der Waals surface area (Å²) >= 11 is 0. The Morgan fingerprint density at radius 2 is 2.14 bits per heavy atom. The van der Waals surface area contributed by atoms with Gasteiger partial charge in [-0.2, -0.15) is 5.10 Å². The minimum absolute atomic E-state index is 0.00694. The molecule has 0 aromatic carbocycles. The van der Waals surface area contributed by atoms with Crippen LogP contribution in [-0.4, -0.2) is 32.9 Å². The fourth-order valence-electron chi connectivity index (χ4n) is 2.82. The molecule has 0 N–H and O–H groups in total. The molecule has 3 rings (SSSR count). The summed E-state index contributed by atoms with van der Waals surface area (Å²) in [5.74, 6) is 0.524. The highest BCUT2D eigenvalue weighted by molar-refractivity contribution is 5.00. The first-order valence-electron chi connectivity index (χ1n) is 7.36. The zero-order valence-corrected chi connectivity index (χ0v) is 12.2. The highest BCUT2D eigenvalue weighted by atomic mass is 16.5. The second-order valence-corrected chi connectivity index (χ2v) is 5.75. The maximum Gasteiger partial charge on any atom is 0.266 e. The van der Waals surface area contributed by atoms with Gasteiger partial charge in [0.15, 0.2) is 0 Å². The number of rotatable bonds is 4. The first kappa shape index (κ1) is 14.0. The molecule has 0 saturated carbocycles. The van der Waals surface area contributed by atoms with Crippen LogP contribution in [0.5, 0.6) is 0 Å². The van der Waals surface area contributed by atoms with Crippen LogP contribution >= 0.6 is 0 Å². The average molecular weight is 288 g/mol. The summed E-state index contributed by atoms with van der Waals surface area (Å²) in [5, 5.41) is 8.04. The summed E-state index contributed by atoms with van der Waals surface area (Å²) in [6.07, 6.45) is 5.64. The number of hydrogen-bond acceptors (Lipinski definition) is 5. The Bertz CT molecular complexity index is 627.